The minimum absolute atomic E-state index is 0.228. The van der Waals surface area contributed by atoms with Crippen molar-refractivity contribution in [1.29, 1.82) is 0 Å². The summed E-state index contributed by atoms with van der Waals surface area (Å²) in [4.78, 5) is 2.59. The van der Waals surface area contributed by atoms with Crippen molar-refractivity contribution < 1.29 is 4.74 Å². The molecule has 0 radical (unpaired) electrons. The zero-order chi connectivity index (χ0) is 12.9. The van der Waals surface area contributed by atoms with E-state index in [1.807, 2.05) is 6.07 Å². The van der Waals surface area contributed by atoms with Crippen LogP contribution in [0.3, 0.4) is 0 Å². The monoisotopic (exact) mass is 258 g/mol. The molecule has 102 valence electrons. The maximum atomic E-state index is 6.10. The van der Waals surface area contributed by atoms with Crippen LogP contribution < -0.4 is 10.6 Å². The lowest BCUT2D eigenvalue weighted by atomic mass is 9.73. The van der Waals surface area contributed by atoms with Gasteiger partial charge in [0.2, 0.25) is 0 Å². The molecule has 19 heavy (non-hydrogen) atoms. The van der Waals surface area contributed by atoms with Gasteiger partial charge in [-0.2, -0.15) is 0 Å². The summed E-state index contributed by atoms with van der Waals surface area (Å²) in [5.74, 6) is 0. The van der Waals surface area contributed by atoms with Crippen molar-refractivity contribution in [2.45, 2.75) is 50.2 Å². The Morgan fingerprint density at radius 1 is 1.32 bits per heavy atom. The predicted octanol–water partition coefficient (Wildman–Crippen LogP) is 2.73. The average Bonchev–Trinajstić information content (AvgIpc) is 2.82. The molecule has 1 aliphatic carbocycles. The quantitative estimate of drug-likeness (QED) is 0.787. The number of fused-ring (bicyclic) bond motifs is 1. The fourth-order valence-electron chi connectivity index (χ4n) is 4.05. The first-order valence-electron chi connectivity index (χ1n) is 7.55. The molecule has 2 aliphatic heterocycles. The van der Waals surface area contributed by atoms with Gasteiger partial charge in [-0.1, -0.05) is 6.07 Å². The lowest BCUT2D eigenvalue weighted by Crippen LogP contribution is -2.52. The molecule has 0 amide bonds. The smallest absolute Gasteiger partial charge is 0.0702 e. The maximum Gasteiger partial charge on any atom is 0.0702 e. The van der Waals surface area contributed by atoms with Gasteiger partial charge < -0.3 is 15.4 Å². The van der Waals surface area contributed by atoms with Crippen molar-refractivity contribution in [3.8, 4) is 0 Å². The number of anilines is 2. The molecule has 4 rings (SSSR count). The Bertz CT molecular complexity index is 496. The van der Waals surface area contributed by atoms with E-state index in [4.69, 9.17) is 10.5 Å². The molecule has 2 N–H and O–H groups in total. The van der Waals surface area contributed by atoms with E-state index in [0.717, 1.165) is 31.7 Å². The van der Waals surface area contributed by atoms with Gasteiger partial charge in [0, 0.05) is 36.1 Å². The Kier molecular flexibility index (Phi) is 2.52. The summed E-state index contributed by atoms with van der Waals surface area (Å²) in [5.41, 5.74) is 10.0. The topological polar surface area (TPSA) is 38.5 Å². The van der Waals surface area contributed by atoms with Crippen molar-refractivity contribution in [3.05, 3.63) is 23.8 Å². The van der Waals surface area contributed by atoms with E-state index in [0.29, 0.717) is 6.04 Å². The molecule has 1 saturated carbocycles. The van der Waals surface area contributed by atoms with Crippen molar-refractivity contribution >= 4 is 11.4 Å². The van der Waals surface area contributed by atoms with E-state index in [1.165, 1.54) is 36.9 Å². The van der Waals surface area contributed by atoms with E-state index in [9.17, 15) is 0 Å². The van der Waals surface area contributed by atoms with E-state index in [1.54, 1.807) is 0 Å². The zero-order valence-corrected chi connectivity index (χ0v) is 11.4. The molecular formula is C16H22N2O. The van der Waals surface area contributed by atoms with Gasteiger partial charge >= 0.3 is 0 Å². The molecule has 1 unspecified atom stereocenters. The van der Waals surface area contributed by atoms with Crippen LogP contribution in [0.5, 0.6) is 0 Å². The second-order valence-electron chi connectivity index (χ2n) is 6.32. The van der Waals surface area contributed by atoms with Gasteiger partial charge in [0.15, 0.2) is 0 Å². The predicted molar refractivity (Wildman–Crippen MR) is 77.5 cm³/mol. The molecule has 0 bridgehead atoms. The molecule has 1 aromatic carbocycles. The first-order valence-corrected chi connectivity index (χ1v) is 7.55. The Labute approximate surface area is 114 Å². The fourth-order valence-corrected chi connectivity index (χ4v) is 4.05. The van der Waals surface area contributed by atoms with Crippen LogP contribution in [-0.2, 0) is 11.2 Å². The highest BCUT2D eigenvalue weighted by atomic mass is 16.5. The summed E-state index contributed by atoms with van der Waals surface area (Å²) in [7, 11) is 0. The van der Waals surface area contributed by atoms with Crippen molar-refractivity contribution in [1.82, 2.24) is 0 Å². The largest absolute Gasteiger partial charge is 0.398 e. The lowest BCUT2D eigenvalue weighted by Gasteiger charge is -2.49. The molecule has 2 fully saturated rings. The first kappa shape index (κ1) is 11.6. The van der Waals surface area contributed by atoms with E-state index in [2.05, 4.69) is 17.0 Å². The number of benzene rings is 1. The number of hydrogen-bond donors (Lipinski definition) is 1. The molecule has 2 heterocycles. The van der Waals surface area contributed by atoms with Crippen LogP contribution in [0.2, 0.25) is 0 Å². The third kappa shape index (κ3) is 1.75. The van der Waals surface area contributed by atoms with E-state index >= 15 is 0 Å². The average molecular weight is 258 g/mol. The number of nitrogens with two attached hydrogens (primary N) is 1. The normalized spacial score (nSPS) is 28.2. The van der Waals surface area contributed by atoms with Gasteiger partial charge in [0.25, 0.3) is 0 Å². The molecule has 3 aliphatic rings. The van der Waals surface area contributed by atoms with Crippen LogP contribution in [0.15, 0.2) is 18.2 Å². The molecule has 1 spiro atoms. The summed E-state index contributed by atoms with van der Waals surface area (Å²) in [6.45, 7) is 2.06. The first-order chi connectivity index (χ1) is 9.27. The van der Waals surface area contributed by atoms with Gasteiger partial charge in [-0.25, -0.2) is 0 Å². The SMILES string of the molecule is Nc1cccc2c1CCN2C1CCOC2(CCC2)C1. The van der Waals surface area contributed by atoms with Gasteiger partial charge in [-0.15, -0.1) is 0 Å². The number of ether oxygens (including phenoxy) is 1. The third-order valence-electron chi connectivity index (χ3n) is 5.27. The second kappa shape index (κ2) is 4.14. The summed E-state index contributed by atoms with van der Waals surface area (Å²) >= 11 is 0. The van der Waals surface area contributed by atoms with Crippen LogP contribution >= 0.6 is 0 Å². The van der Waals surface area contributed by atoms with Crippen LogP contribution in [0.4, 0.5) is 11.4 Å². The number of nitrogens with zero attached hydrogens (tertiary/aromatic N) is 1. The summed E-state index contributed by atoms with van der Waals surface area (Å²) in [5, 5.41) is 0. The Morgan fingerprint density at radius 2 is 2.21 bits per heavy atom. The minimum atomic E-state index is 0.228. The zero-order valence-electron chi connectivity index (χ0n) is 11.4. The van der Waals surface area contributed by atoms with Crippen molar-refractivity contribution in [2.75, 3.05) is 23.8 Å². The number of rotatable bonds is 1. The number of hydrogen-bond acceptors (Lipinski definition) is 3. The minimum Gasteiger partial charge on any atom is -0.398 e. The van der Waals surface area contributed by atoms with E-state index in [-0.39, 0.29) is 5.60 Å². The molecule has 3 heteroatoms. The molecule has 1 atom stereocenters. The van der Waals surface area contributed by atoms with Crippen LogP contribution in [-0.4, -0.2) is 24.8 Å². The Balaban J connectivity index is 1.59. The van der Waals surface area contributed by atoms with Crippen molar-refractivity contribution in [2.24, 2.45) is 0 Å². The summed E-state index contributed by atoms with van der Waals surface area (Å²) in [6, 6.07) is 7.00. The van der Waals surface area contributed by atoms with Crippen molar-refractivity contribution in [3.63, 3.8) is 0 Å². The van der Waals surface area contributed by atoms with Gasteiger partial charge in [0.05, 0.1) is 5.60 Å². The highest BCUT2D eigenvalue weighted by Crippen LogP contribution is 2.45. The Hall–Kier alpha value is -1.22. The van der Waals surface area contributed by atoms with Gasteiger partial charge in [0.1, 0.15) is 0 Å². The highest BCUT2D eigenvalue weighted by molar-refractivity contribution is 5.68. The van der Waals surface area contributed by atoms with Crippen LogP contribution in [0.25, 0.3) is 0 Å². The molecule has 0 aromatic heterocycles. The van der Waals surface area contributed by atoms with Crippen LogP contribution in [0, 0.1) is 0 Å². The summed E-state index contributed by atoms with van der Waals surface area (Å²) < 4.78 is 6.05. The summed E-state index contributed by atoms with van der Waals surface area (Å²) in [6.07, 6.45) is 7.35. The standard InChI is InChI=1S/C16H22N2O/c17-14-3-1-4-15-13(14)5-9-18(15)12-6-10-19-16(11-12)7-2-8-16/h1,3-4,12H,2,5-11,17H2. The lowest BCUT2D eigenvalue weighted by molar-refractivity contribution is -0.132. The highest BCUT2D eigenvalue weighted by Gasteiger charge is 2.44. The molecular weight excluding hydrogens is 236 g/mol. The Morgan fingerprint density at radius 3 is 3.00 bits per heavy atom. The fraction of sp³-hybridized carbons (Fsp3) is 0.625. The van der Waals surface area contributed by atoms with E-state index < -0.39 is 0 Å². The molecule has 1 saturated heterocycles. The maximum absolute atomic E-state index is 6.10. The third-order valence-corrected chi connectivity index (χ3v) is 5.27. The van der Waals surface area contributed by atoms with Gasteiger partial charge in [-0.05, 0) is 50.7 Å². The molecule has 3 nitrogen and oxygen atoms in total. The molecule has 1 aromatic rings. The van der Waals surface area contributed by atoms with Crippen LogP contribution in [0.1, 0.15) is 37.7 Å². The van der Waals surface area contributed by atoms with Gasteiger partial charge in [-0.3, -0.25) is 0 Å². The second-order valence-corrected chi connectivity index (χ2v) is 6.32. The number of nitrogen functional groups attached to an aromatic ring is 1.